The van der Waals surface area contributed by atoms with Crippen LogP contribution < -0.4 is 4.74 Å². The third kappa shape index (κ3) is 6.08. The van der Waals surface area contributed by atoms with E-state index < -0.39 is 23.4 Å². The van der Waals surface area contributed by atoms with E-state index >= 15 is 0 Å². The van der Waals surface area contributed by atoms with Gasteiger partial charge in [-0.05, 0) is 45.6 Å². The normalized spacial score (nSPS) is 14.8. The van der Waals surface area contributed by atoms with Gasteiger partial charge in [-0.25, -0.2) is 18.8 Å². The number of carbonyl (C=O) groups is 3. The highest BCUT2D eigenvalue weighted by Gasteiger charge is 2.28. The fourth-order valence-corrected chi connectivity index (χ4v) is 3.03. The first-order chi connectivity index (χ1) is 14.1. The first-order valence-corrected chi connectivity index (χ1v) is 9.66. The van der Waals surface area contributed by atoms with E-state index in [9.17, 15) is 18.8 Å². The van der Waals surface area contributed by atoms with Gasteiger partial charge in [0, 0.05) is 19.2 Å². The second-order valence-corrected chi connectivity index (χ2v) is 8.03. The van der Waals surface area contributed by atoms with Gasteiger partial charge in [0.15, 0.2) is 0 Å². The molecule has 1 aromatic rings. The van der Waals surface area contributed by atoms with E-state index in [0.717, 1.165) is 19.2 Å². The van der Waals surface area contributed by atoms with Crippen LogP contribution in [-0.4, -0.2) is 62.4 Å². The maximum atomic E-state index is 14.3. The summed E-state index contributed by atoms with van der Waals surface area (Å²) in [5, 5.41) is 0. The maximum Gasteiger partial charge on any atom is 0.410 e. The van der Waals surface area contributed by atoms with E-state index in [1.54, 1.807) is 4.90 Å². The summed E-state index contributed by atoms with van der Waals surface area (Å²) in [4.78, 5) is 37.5. The van der Waals surface area contributed by atoms with E-state index in [0.29, 0.717) is 25.9 Å². The quantitative estimate of drug-likeness (QED) is 0.527. The molecule has 1 fully saturated rings. The molecule has 8 nitrogen and oxygen atoms in total. The first kappa shape index (κ1) is 23.4. The molecular formula is C21H28FNO7. The van der Waals surface area contributed by atoms with Crippen molar-refractivity contribution in [1.82, 2.24) is 4.90 Å². The summed E-state index contributed by atoms with van der Waals surface area (Å²) in [6.07, 6.45) is 1.00. The number of ether oxygens (including phenoxy) is 4. The summed E-state index contributed by atoms with van der Waals surface area (Å²) < 4.78 is 34.6. The largest absolute Gasteiger partial charge is 0.492 e. The second-order valence-electron chi connectivity index (χ2n) is 8.03. The highest BCUT2D eigenvalue weighted by molar-refractivity contribution is 5.97. The van der Waals surface area contributed by atoms with Crippen molar-refractivity contribution in [1.29, 1.82) is 0 Å². The summed E-state index contributed by atoms with van der Waals surface area (Å²) in [7, 11) is 2.30. The summed E-state index contributed by atoms with van der Waals surface area (Å²) in [5.41, 5.74) is -0.997. The summed E-state index contributed by atoms with van der Waals surface area (Å²) in [6, 6.07) is 2.04. The molecule has 30 heavy (non-hydrogen) atoms. The van der Waals surface area contributed by atoms with Crippen LogP contribution in [-0.2, 0) is 14.2 Å². The molecule has 0 aromatic heterocycles. The van der Waals surface area contributed by atoms with E-state index in [1.807, 2.05) is 20.8 Å². The number of halogens is 1. The molecule has 0 unspecified atom stereocenters. The van der Waals surface area contributed by atoms with Gasteiger partial charge in [0.2, 0.25) is 0 Å². The van der Waals surface area contributed by atoms with Crippen molar-refractivity contribution in [3.05, 3.63) is 29.1 Å². The van der Waals surface area contributed by atoms with Gasteiger partial charge >= 0.3 is 18.0 Å². The Balaban J connectivity index is 2.02. The van der Waals surface area contributed by atoms with Crippen LogP contribution in [0.25, 0.3) is 0 Å². The Bertz CT molecular complexity index is 795. The number of carbonyl (C=O) groups excluding carboxylic acids is 3. The Morgan fingerprint density at radius 2 is 1.60 bits per heavy atom. The molecule has 0 N–H and O–H groups in total. The van der Waals surface area contributed by atoms with Gasteiger partial charge in [0.1, 0.15) is 22.7 Å². The molecule has 0 aliphatic carbocycles. The number of hydrogen-bond acceptors (Lipinski definition) is 7. The van der Waals surface area contributed by atoms with Crippen molar-refractivity contribution < 1.29 is 37.7 Å². The molecule has 166 valence electrons. The number of rotatable bonds is 5. The van der Waals surface area contributed by atoms with Crippen LogP contribution in [0.5, 0.6) is 5.75 Å². The van der Waals surface area contributed by atoms with E-state index in [-0.39, 0.29) is 35.5 Å². The Morgan fingerprint density at radius 1 is 1.03 bits per heavy atom. The van der Waals surface area contributed by atoms with Crippen molar-refractivity contribution in [3.8, 4) is 5.75 Å². The average molecular weight is 425 g/mol. The van der Waals surface area contributed by atoms with Crippen molar-refractivity contribution >= 4 is 18.0 Å². The summed E-state index contributed by atoms with van der Waals surface area (Å²) >= 11 is 0. The Kier molecular flexibility index (Phi) is 7.64. The molecule has 1 saturated heterocycles. The molecule has 9 heteroatoms. The molecule has 1 heterocycles. The zero-order chi connectivity index (χ0) is 22.5. The van der Waals surface area contributed by atoms with Crippen LogP contribution in [0.4, 0.5) is 9.18 Å². The van der Waals surface area contributed by atoms with Gasteiger partial charge in [0.25, 0.3) is 0 Å². The van der Waals surface area contributed by atoms with Crippen LogP contribution in [0.2, 0.25) is 0 Å². The van der Waals surface area contributed by atoms with Crippen molar-refractivity contribution in [2.24, 2.45) is 5.92 Å². The average Bonchev–Trinajstić information content (AvgIpc) is 2.70. The smallest absolute Gasteiger partial charge is 0.410 e. The first-order valence-electron chi connectivity index (χ1n) is 9.66. The molecule has 0 radical (unpaired) electrons. The number of methoxy groups -OCH3 is 2. The highest BCUT2D eigenvalue weighted by atomic mass is 19.1. The lowest BCUT2D eigenvalue weighted by Gasteiger charge is -2.33. The van der Waals surface area contributed by atoms with Gasteiger partial charge in [-0.2, -0.15) is 0 Å². The van der Waals surface area contributed by atoms with E-state index in [1.165, 1.54) is 7.11 Å². The number of benzene rings is 1. The molecule has 0 saturated carbocycles. The van der Waals surface area contributed by atoms with Crippen LogP contribution >= 0.6 is 0 Å². The number of esters is 2. The lowest BCUT2D eigenvalue weighted by molar-refractivity contribution is 0.0163. The number of piperidine rings is 1. The number of hydrogen-bond donors (Lipinski definition) is 0. The Morgan fingerprint density at radius 3 is 2.13 bits per heavy atom. The van der Waals surface area contributed by atoms with Crippen LogP contribution in [0.3, 0.4) is 0 Å². The SMILES string of the molecule is COC(=O)c1cc(C(=O)OC)c(OCC2CCN(C(=O)OC(C)(C)C)CC2)cc1F. The third-order valence-corrected chi connectivity index (χ3v) is 4.62. The Labute approximate surface area is 175 Å². The molecule has 0 spiro atoms. The lowest BCUT2D eigenvalue weighted by Crippen LogP contribution is -2.42. The molecule has 1 amide bonds. The summed E-state index contributed by atoms with van der Waals surface area (Å²) in [6.45, 7) is 6.70. The minimum absolute atomic E-state index is 0.0124. The van der Waals surface area contributed by atoms with Gasteiger partial charge < -0.3 is 23.8 Å². The number of likely N-dealkylation sites (tertiary alicyclic amines) is 1. The number of amides is 1. The van der Waals surface area contributed by atoms with Gasteiger partial charge in [-0.3, -0.25) is 0 Å². The highest BCUT2D eigenvalue weighted by Crippen LogP contribution is 2.27. The minimum atomic E-state index is -0.904. The second kappa shape index (κ2) is 9.77. The van der Waals surface area contributed by atoms with Gasteiger partial charge in [-0.15, -0.1) is 0 Å². The van der Waals surface area contributed by atoms with Crippen LogP contribution in [0.15, 0.2) is 12.1 Å². The van der Waals surface area contributed by atoms with E-state index in [4.69, 9.17) is 14.2 Å². The van der Waals surface area contributed by atoms with Gasteiger partial charge in [0.05, 0.1) is 26.4 Å². The molecule has 0 bridgehead atoms. The van der Waals surface area contributed by atoms with Crippen LogP contribution in [0.1, 0.15) is 54.3 Å². The van der Waals surface area contributed by atoms with Crippen LogP contribution in [0, 0.1) is 11.7 Å². The fraction of sp³-hybridized carbons (Fsp3) is 0.571. The number of nitrogens with zero attached hydrogens (tertiary/aromatic N) is 1. The zero-order valence-electron chi connectivity index (χ0n) is 18.0. The predicted molar refractivity (Wildman–Crippen MR) is 105 cm³/mol. The zero-order valence-corrected chi connectivity index (χ0v) is 18.0. The topological polar surface area (TPSA) is 91.4 Å². The maximum absolute atomic E-state index is 14.3. The molecule has 1 aliphatic heterocycles. The monoisotopic (exact) mass is 425 g/mol. The van der Waals surface area contributed by atoms with Crippen molar-refractivity contribution in [2.45, 2.75) is 39.2 Å². The predicted octanol–water partition coefficient (Wildman–Crippen LogP) is 3.42. The lowest BCUT2D eigenvalue weighted by atomic mass is 9.98. The molecule has 2 rings (SSSR count). The minimum Gasteiger partial charge on any atom is -0.492 e. The Hall–Kier alpha value is -2.84. The third-order valence-electron chi connectivity index (χ3n) is 4.62. The van der Waals surface area contributed by atoms with Gasteiger partial charge in [-0.1, -0.05) is 0 Å². The standard InChI is InChI=1S/C21H28FNO7/c1-21(2,3)30-20(26)23-8-6-13(7-9-23)12-29-17-11-16(22)14(18(24)27-4)10-15(17)19(25)28-5/h10-11,13H,6-9,12H2,1-5H3. The molecular weight excluding hydrogens is 397 g/mol. The molecule has 1 aliphatic rings. The molecule has 1 aromatic carbocycles. The summed E-state index contributed by atoms with van der Waals surface area (Å²) in [5.74, 6) is -2.42. The fourth-order valence-electron chi connectivity index (χ4n) is 3.03. The molecule has 0 atom stereocenters. The van der Waals surface area contributed by atoms with Crippen molar-refractivity contribution in [3.63, 3.8) is 0 Å². The van der Waals surface area contributed by atoms with Crippen molar-refractivity contribution in [2.75, 3.05) is 33.9 Å². The van der Waals surface area contributed by atoms with E-state index in [2.05, 4.69) is 4.74 Å².